The lowest BCUT2D eigenvalue weighted by molar-refractivity contribution is -0.143. The summed E-state index contributed by atoms with van der Waals surface area (Å²) in [5.41, 5.74) is 4.34. The number of piperidine rings is 1. The van der Waals surface area contributed by atoms with Gasteiger partial charge >= 0.3 is 0 Å². The summed E-state index contributed by atoms with van der Waals surface area (Å²) in [5.74, 6) is 0.219. The molecule has 5 nitrogen and oxygen atoms in total. The lowest BCUT2D eigenvalue weighted by Crippen LogP contribution is -2.52. The van der Waals surface area contributed by atoms with Gasteiger partial charge in [0.15, 0.2) is 0 Å². The molecule has 1 aliphatic rings. The van der Waals surface area contributed by atoms with Crippen LogP contribution in [0.15, 0.2) is 73.3 Å². The Kier molecular flexibility index (Phi) is 6.42. The number of pyridine rings is 2. The second kappa shape index (κ2) is 9.40. The van der Waals surface area contributed by atoms with Gasteiger partial charge in [-0.1, -0.05) is 24.3 Å². The number of carbonyl (C=O) groups excluding carboxylic acids is 1. The first-order valence-electron chi connectivity index (χ1n) is 10.9. The van der Waals surface area contributed by atoms with Crippen molar-refractivity contribution < 1.29 is 4.79 Å². The zero-order valence-corrected chi connectivity index (χ0v) is 18.4. The second-order valence-corrected chi connectivity index (χ2v) is 8.72. The van der Waals surface area contributed by atoms with E-state index in [1.807, 2.05) is 51.0 Å². The molecule has 2 aromatic heterocycles. The number of aromatic nitrogens is 2. The van der Waals surface area contributed by atoms with Crippen molar-refractivity contribution in [2.75, 3.05) is 27.2 Å². The lowest BCUT2D eigenvalue weighted by Gasteiger charge is -2.43. The zero-order chi connectivity index (χ0) is 21.7. The standard InChI is InChI=1S/C26H30N4O/c1-29(2)25(31)26(12-5-17-30(20-26)19-21-8-13-27-14-9-21)18-23-6-3-4-7-24(23)22-10-15-28-16-11-22/h3-4,6-11,13-16H,5,12,17-20H2,1-2H3/t26-/m1/s1. The van der Waals surface area contributed by atoms with Crippen LogP contribution < -0.4 is 0 Å². The number of amides is 1. The number of benzene rings is 1. The van der Waals surface area contributed by atoms with Crippen LogP contribution in [0.5, 0.6) is 0 Å². The summed E-state index contributed by atoms with van der Waals surface area (Å²) in [6, 6.07) is 16.7. The molecular formula is C26H30N4O. The van der Waals surface area contributed by atoms with Gasteiger partial charge in [0.05, 0.1) is 5.41 Å². The Hall–Kier alpha value is -3.05. The van der Waals surface area contributed by atoms with Crippen LogP contribution in [0, 0.1) is 5.41 Å². The van der Waals surface area contributed by atoms with Crippen LogP contribution in [-0.2, 0) is 17.8 Å². The maximum absolute atomic E-state index is 13.5. The quantitative estimate of drug-likeness (QED) is 0.610. The van der Waals surface area contributed by atoms with Crippen LogP contribution in [-0.4, -0.2) is 52.9 Å². The Morgan fingerprint density at radius 3 is 2.39 bits per heavy atom. The fourth-order valence-electron chi connectivity index (χ4n) is 4.83. The number of hydrogen-bond acceptors (Lipinski definition) is 4. The summed E-state index contributed by atoms with van der Waals surface area (Å²) in [5, 5.41) is 0. The summed E-state index contributed by atoms with van der Waals surface area (Å²) in [4.78, 5) is 26.0. The van der Waals surface area contributed by atoms with Crippen molar-refractivity contribution in [3.05, 3.63) is 84.4 Å². The first kappa shape index (κ1) is 21.2. The maximum atomic E-state index is 13.5. The molecule has 1 aromatic carbocycles. The average Bonchev–Trinajstić information content (AvgIpc) is 2.80. The Bertz CT molecular complexity index is 1010. The van der Waals surface area contributed by atoms with E-state index in [4.69, 9.17) is 0 Å². The number of carbonyl (C=O) groups is 1. The Morgan fingerprint density at radius 2 is 1.68 bits per heavy atom. The molecule has 3 aromatic rings. The predicted octanol–water partition coefficient (Wildman–Crippen LogP) is 4.06. The highest BCUT2D eigenvalue weighted by molar-refractivity contribution is 5.83. The normalized spacial score (nSPS) is 19.2. The topological polar surface area (TPSA) is 49.3 Å². The first-order valence-corrected chi connectivity index (χ1v) is 10.9. The van der Waals surface area contributed by atoms with Crippen molar-refractivity contribution in [3.63, 3.8) is 0 Å². The molecule has 0 radical (unpaired) electrons. The van der Waals surface area contributed by atoms with E-state index in [9.17, 15) is 4.79 Å². The van der Waals surface area contributed by atoms with Crippen molar-refractivity contribution in [1.82, 2.24) is 19.8 Å². The summed E-state index contributed by atoms with van der Waals surface area (Å²) >= 11 is 0. The second-order valence-electron chi connectivity index (χ2n) is 8.72. The smallest absolute Gasteiger partial charge is 0.229 e. The third-order valence-electron chi connectivity index (χ3n) is 6.21. The number of rotatable bonds is 6. The van der Waals surface area contributed by atoms with Crippen molar-refractivity contribution in [2.45, 2.75) is 25.8 Å². The molecule has 1 aliphatic heterocycles. The predicted molar refractivity (Wildman–Crippen MR) is 123 cm³/mol. The highest BCUT2D eigenvalue weighted by Crippen LogP contribution is 2.38. The Morgan fingerprint density at radius 1 is 1.00 bits per heavy atom. The van der Waals surface area contributed by atoms with Gasteiger partial charge in [0.25, 0.3) is 0 Å². The van der Waals surface area contributed by atoms with E-state index in [1.54, 1.807) is 4.90 Å². The van der Waals surface area contributed by atoms with E-state index in [0.29, 0.717) is 0 Å². The van der Waals surface area contributed by atoms with Crippen LogP contribution in [0.1, 0.15) is 24.0 Å². The number of likely N-dealkylation sites (tertiary alicyclic amines) is 1. The van der Waals surface area contributed by atoms with Crippen LogP contribution >= 0.6 is 0 Å². The largest absolute Gasteiger partial charge is 0.348 e. The van der Waals surface area contributed by atoms with Crippen LogP contribution in [0.2, 0.25) is 0 Å². The Balaban J connectivity index is 1.66. The molecular weight excluding hydrogens is 384 g/mol. The summed E-state index contributed by atoms with van der Waals surface area (Å²) in [6.07, 6.45) is 9.97. The summed E-state index contributed by atoms with van der Waals surface area (Å²) in [7, 11) is 3.75. The van der Waals surface area contributed by atoms with Crippen molar-refractivity contribution in [2.24, 2.45) is 5.41 Å². The van der Waals surface area contributed by atoms with Gasteiger partial charge in [0.2, 0.25) is 5.91 Å². The average molecular weight is 415 g/mol. The number of hydrogen-bond donors (Lipinski definition) is 0. The molecule has 0 unspecified atom stereocenters. The molecule has 3 heterocycles. The summed E-state index contributed by atoms with van der Waals surface area (Å²) < 4.78 is 0. The van der Waals surface area contributed by atoms with E-state index in [0.717, 1.165) is 44.5 Å². The molecule has 1 saturated heterocycles. The minimum Gasteiger partial charge on any atom is -0.348 e. The molecule has 160 valence electrons. The highest BCUT2D eigenvalue weighted by Gasteiger charge is 2.43. The van der Waals surface area contributed by atoms with Gasteiger partial charge in [-0.25, -0.2) is 0 Å². The van der Waals surface area contributed by atoms with E-state index in [-0.39, 0.29) is 5.91 Å². The molecule has 1 amide bonds. The molecule has 0 spiro atoms. The minimum absolute atomic E-state index is 0.219. The zero-order valence-electron chi connectivity index (χ0n) is 18.4. The van der Waals surface area contributed by atoms with Gasteiger partial charge in [-0.2, -0.15) is 0 Å². The lowest BCUT2D eigenvalue weighted by atomic mass is 9.73. The van der Waals surface area contributed by atoms with Crippen molar-refractivity contribution >= 4 is 5.91 Å². The van der Waals surface area contributed by atoms with Gasteiger partial charge in [-0.3, -0.25) is 19.7 Å². The van der Waals surface area contributed by atoms with E-state index in [2.05, 4.69) is 51.3 Å². The van der Waals surface area contributed by atoms with E-state index < -0.39 is 5.41 Å². The summed E-state index contributed by atoms with van der Waals surface area (Å²) in [6.45, 7) is 2.62. The molecule has 5 heteroatoms. The van der Waals surface area contributed by atoms with Crippen LogP contribution in [0.4, 0.5) is 0 Å². The maximum Gasteiger partial charge on any atom is 0.229 e. The third kappa shape index (κ3) is 4.83. The SMILES string of the molecule is CN(C)C(=O)[C@@]1(Cc2ccccc2-c2ccncc2)CCCN(Cc2ccncc2)C1. The van der Waals surface area contributed by atoms with E-state index >= 15 is 0 Å². The fraction of sp³-hybridized carbons (Fsp3) is 0.346. The van der Waals surface area contributed by atoms with Gasteiger partial charge in [0, 0.05) is 52.0 Å². The Labute approximate surface area is 184 Å². The fourth-order valence-corrected chi connectivity index (χ4v) is 4.83. The van der Waals surface area contributed by atoms with Gasteiger partial charge < -0.3 is 4.90 Å². The molecule has 4 rings (SSSR count). The van der Waals surface area contributed by atoms with Crippen molar-refractivity contribution in [3.8, 4) is 11.1 Å². The van der Waals surface area contributed by atoms with Gasteiger partial charge in [0.1, 0.15) is 0 Å². The molecule has 0 N–H and O–H groups in total. The molecule has 1 fully saturated rings. The van der Waals surface area contributed by atoms with Gasteiger partial charge in [-0.15, -0.1) is 0 Å². The van der Waals surface area contributed by atoms with Crippen LogP contribution in [0.3, 0.4) is 0 Å². The molecule has 0 saturated carbocycles. The molecule has 0 aliphatic carbocycles. The molecule has 31 heavy (non-hydrogen) atoms. The minimum atomic E-state index is -0.433. The first-order chi connectivity index (χ1) is 15.1. The van der Waals surface area contributed by atoms with Gasteiger partial charge in [-0.05, 0) is 72.3 Å². The van der Waals surface area contributed by atoms with E-state index in [1.165, 1.54) is 16.7 Å². The van der Waals surface area contributed by atoms with Crippen LogP contribution in [0.25, 0.3) is 11.1 Å². The highest BCUT2D eigenvalue weighted by atomic mass is 16.2. The monoisotopic (exact) mass is 414 g/mol. The molecule has 0 bridgehead atoms. The third-order valence-corrected chi connectivity index (χ3v) is 6.21. The number of nitrogens with zero attached hydrogens (tertiary/aromatic N) is 4. The van der Waals surface area contributed by atoms with Crippen molar-refractivity contribution in [1.29, 1.82) is 0 Å². The molecule has 1 atom stereocenters.